The van der Waals surface area contributed by atoms with Gasteiger partial charge in [0.05, 0.1) is 0 Å². The van der Waals surface area contributed by atoms with Crippen molar-refractivity contribution in [3.63, 3.8) is 0 Å². The molecule has 1 aromatic rings. The van der Waals surface area contributed by atoms with E-state index < -0.39 is 0 Å². The zero-order chi connectivity index (χ0) is 13.0. The lowest BCUT2D eigenvalue weighted by molar-refractivity contribution is 0.510. The molecule has 2 atom stereocenters. The van der Waals surface area contributed by atoms with E-state index in [0.717, 1.165) is 28.1 Å². The third-order valence-electron chi connectivity index (χ3n) is 2.93. The molecular formula is C13H17BrFNS2. The fraction of sp³-hybridized carbons (Fsp3) is 0.538. The van der Waals surface area contributed by atoms with Crippen LogP contribution in [0.1, 0.15) is 18.5 Å². The molecule has 0 saturated carbocycles. The lowest BCUT2D eigenvalue weighted by Crippen LogP contribution is -2.34. The lowest BCUT2D eigenvalue weighted by atomic mass is 10.0. The van der Waals surface area contributed by atoms with E-state index in [9.17, 15) is 4.39 Å². The van der Waals surface area contributed by atoms with E-state index in [4.69, 9.17) is 0 Å². The van der Waals surface area contributed by atoms with E-state index in [1.165, 1.54) is 5.75 Å². The maximum absolute atomic E-state index is 14.0. The molecule has 1 heterocycles. The first-order chi connectivity index (χ1) is 8.72. The molecule has 1 aliphatic heterocycles. The molecule has 0 bridgehead atoms. The van der Waals surface area contributed by atoms with Gasteiger partial charge in [-0.1, -0.05) is 22.9 Å². The molecule has 1 saturated heterocycles. The maximum atomic E-state index is 14.0. The quantitative estimate of drug-likeness (QED) is 0.879. The number of rotatable bonds is 4. The van der Waals surface area contributed by atoms with Crippen molar-refractivity contribution < 1.29 is 4.39 Å². The Morgan fingerprint density at radius 3 is 3.00 bits per heavy atom. The number of hydrogen-bond acceptors (Lipinski definition) is 3. The van der Waals surface area contributed by atoms with Gasteiger partial charge in [-0.3, -0.25) is 0 Å². The molecule has 1 aliphatic rings. The second kappa shape index (κ2) is 7.17. The van der Waals surface area contributed by atoms with Crippen LogP contribution in [0.15, 0.2) is 22.7 Å². The van der Waals surface area contributed by atoms with E-state index in [1.54, 1.807) is 12.1 Å². The number of hydrogen-bond donors (Lipinski definition) is 1. The van der Waals surface area contributed by atoms with Crippen LogP contribution in [0.2, 0.25) is 0 Å². The summed E-state index contributed by atoms with van der Waals surface area (Å²) < 4.78 is 15.0. The zero-order valence-electron chi connectivity index (χ0n) is 10.3. The Hall–Kier alpha value is 0.290. The topological polar surface area (TPSA) is 12.0 Å². The molecule has 1 N–H and O–H groups in total. The standard InChI is InChI=1S/C13H17BrFNS2/c1-2-16-13(12-8-17-5-6-18-12)10-7-9(14)3-4-11(10)15/h3-4,7,12-13,16H,2,5-6,8H2,1H3. The van der Waals surface area contributed by atoms with Crippen molar-refractivity contribution in [2.45, 2.75) is 18.2 Å². The molecule has 0 spiro atoms. The third kappa shape index (κ3) is 3.65. The molecule has 1 fully saturated rings. The summed E-state index contributed by atoms with van der Waals surface area (Å²) in [4.78, 5) is 0. The van der Waals surface area contributed by atoms with E-state index in [0.29, 0.717) is 5.25 Å². The van der Waals surface area contributed by atoms with Crippen molar-refractivity contribution in [2.24, 2.45) is 0 Å². The summed E-state index contributed by atoms with van der Waals surface area (Å²) in [6, 6.07) is 5.31. The molecule has 2 unspecified atom stereocenters. The van der Waals surface area contributed by atoms with Gasteiger partial charge in [0.2, 0.25) is 0 Å². The molecule has 0 aromatic heterocycles. The van der Waals surface area contributed by atoms with Gasteiger partial charge in [-0.2, -0.15) is 23.5 Å². The van der Waals surface area contributed by atoms with Crippen molar-refractivity contribution in [1.29, 1.82) is 0 Å². The normalized spacial score (nSPS) is 21.8. The molecule has 18 heavy (non-hydrogen) atoms. The summed E-state index contributed by atoms with van der Waals surface area (Å²) >= 11 is 7.36. The Morgan fingerprint density at radius 1 is 1.50 bits per heavy atom. The summed E-state index contributed by atoms with van der Waals surface area (Å²) in [6.45, 7) is 2.93. The molecule has 5 heteroatoms. The van der Waals surface area contributed by atoms with Crippen LogP contribution in [0.25, 0.3) is 0 Å². The van der Waals surface area contributed by atoms with Gasteiger partial charge in [-0.05, 0) is 24.7 Å². The molecule has 1 nitrogen and oxygen atoms in total. The first kappa shape index (κ1) is 14.7. The summed E-state index contributed by atoms with van der Waals surface area (Å²) in [7, 11) is 0. The molecule has 1 aromatic carbocycles. The highest BCUT2D eigenvalue weighted by atomic mass is 79.9. The minimum Gasteiger partial charge on any atom is -0.309 e. The van der Waals surface area contributed by atoms with E-state index in [2.05, 4.69) is 28.2 Å². The van der Waals surface area contributed by atoms with E-state index in [1.807, 2.05) is 29.6 Å². The third-order valence-corrected chi connectivity index (χ3v) is 6.29. The Bertz CT molecular complexity index is 397. The highest BCUT2D eigenvalue weighted by molar-refractivity contribution is 9.10. The first-order valence-electron chi connectivity index (χ1n) is 6.10. The summed E-state index contributed by atoms with van der Waals surface area (Å²) in [5, 5.41) is 3.89. The van der Waals surface area contributed by atoms with Gasteiger partial charge in [0.25, 0.3) is 0 Å². The van der Waals surface area contributed by atoms with Gasteiger partial charge in [0.15, 0.2) is 0 Å². The van der Waals surface area contributed by atoms with Crippen LogP contribution >= 0.6 is 39.5 Å². The van der Waals surface area contributed by atoms with Gasteiger partial charge in [0, 0.05) is 38.6 Å². The number of nitrogens with one attached hydrogen (secondary N) is 1. The van der Waals surface area contributed by atoms with Crippen molar-refractivity contribution in [2.75, 3.05) is 23.8 Å². The monoisotopic (exact) mass is 349 g/mol. The summed E-state index contributed by atoms with van der Waals surface area (Å²) in [5.74, 6) is 3.35. The average Bonchev–Trinajstić information content (AvgIpc) is 2.40. The zero-order valence-corrected chi connectivity index (χ0v) is 13.5. The minimum atomic E-state index is -0.111. The van der Waals surface area contributed by atoms with Crippen molar-refractivity contribution in [3.8, 4) is 0 Å². The SMILES string of the molecule is CCNC(c1cc(Br)ccc1F)C1CSCCS1. The van der Waals surface area contributed by atoms with Crippen LogP contribution in [-0.4, -0.2) is 29.1 Å². The molecule has 0 radical (unpaired) electrons. The van der Waals surface area contributed by atoms with Crippen molar-refractivity contribution in [3.05, 3.63) is 34.1 Å². The predicted octanol–water partition coefficient (Wildman–Crippen LogP) is 4.09. The Kier molecular flexibility index (Phi) is 5.86. The largest absolute Gasteiger partial charge is 0.309 e. The number of halogens is 2. The number of thioether (sulfide) groups is 2. The van der Waals surface area contributed by atoms with Gasteiger partial charge >= 0.3 is 0 Å². The minimum absolute atomic E-state index is 0.102. The fourth-order valence-electron chi connectivity index (χ4n) is 2.11. The smallest absolute Gasteiger partial charge is 0.128 e. The average molecular weight is 350 g/mol. The van der Waals surface area contributed by atoms with Crippen LogP contribution < -0.4 is 5.32 Å². The maximum Gasteiger partial charge on any atom is 0.128 e. The van der Waals surface area contributed by atoms with E-state index in [-0.39, 0.29) is 11.9 Å². The predicted molar refractivity (Wildman–Crippen MR) is 84.1 cm³/mol. The number of benzene rings is 1. The van der Waals surface area contributed by atoms with Gasteiger partial charge in [0.1, 0.15) is 5.82 Å². The highest BCUT2D eigenvalue weighted by Gasteiger charge is 2.27. The molecular weight excluding hydrogens is 333 g/mol. The van der Waals surface area contributed by atoms with Crippen molar-refractivity contribution >= 4 is 39.5 Å². The Labute approximate surface area is 125 Å². The highest BCUT2D eigenvalue weighted by Crippen LogP contribution is 2.35. The molecule has 0 aliphatic carbocycles. The van der Waals surface area contributed by atoms with Crippen LogP contribution in [-0.2, 0) is 0 Å². The van der Waals surface area contributed by atoms with E-state index >= 15 is 0 Å². The first-order valence-corrected chi connectivity index (χ1v) is 9.09. The van der Waals surface area contributed by atoms with Crippen molar-refractivity contribution in [1.82, 2.24) is 5.32 Å². The second-order valence-corrected chi connectivity index (χ2v) is 7.60. The molecule has 0 amide bonds. The lowest BCUT2D eigenvalue weighted by Gasteiger charge is -2.30. The second-order valence-electron chi connectivity index (χ2n) is 4.19. The van der Waals surface area contributed by atoms with Crippen LogP contribution in [0.3, 0.4) is 0 Å². The summed E-state index contributed by atoms with van der Waals surface area (Å²) in [5.41, 5.74) is 0.784. The molecule has 100 valence electrons. The van der Waals surface area contributed by atoms with Gasteiger partial charge in [-0.15, -0.1) is 0 Å². The van der Waals surface area contributed by atoms with Crippen LogP contribution in [0.5, 0.6) is 0 Å². The summed E-state index contributed by atoms with van der Waals surface area (Å²) in [6.07, 6.45) is 0. The Balaban J connectivity index is 2.24. The van der Waals surface area contributed by atoms with Crippen LogP contribution in [0, 0.1) is 5.82 Å². The Morgan fingerprint density at radius 2 is 2.33 bits per heavy atom. The van der Waals surface area contributed by atoms with Gasteiger partial charge in [-0.25, -0.2) is 4.39 Å². The molecule has 2 rings (SSSR count). The van der Waals surface area contributed by atoms with Crippen LogP contribution in [0.4, 0.5) is 4.39 Å². The fourth-order valence-corrected chi connectivity index (χ4v) is 5.35. The van der Waals surface area contributed by atoms with Gasteiger partial charge < -0.3 is 5.32 Å².